The lowest BCUT2D eigenvalue weighted by atomic mass is 9.89. The highest BCUT2D eigenvalue weighted by Gasteiger charge is 2.47. The van der Waals surface area contributed by atoms with E-state index in [1.54, 1.807) is 6.92 Å². The molecule has 0 spiro atoms. The molecule has 1 unspecified atom stereocenters. The van der Waals surface area contributed by atoms with E-state index in [4.69, 9.17) is 0 Å². The Morgan fingerprint density at radius 1 is 1.26 bits per heavy atom. The van der Waals surface area contributed by atoms with Gasteiger partial charge in [0.2, 0.25) is 6.54 Å². The summed E-state index contributed by atoms with van der Waals surface area (Å²) in [6.45, 7) is 0.425. The molecule has 0 aliphatic heterocycles. The van der Waals surface area contributed by atoms with Gasteiger partial charge in [0.15, 0.2) is 0 Å². The Morgan fingerprint density at radius 3 is 2.48 bits per heavy atom. The Morgan fingerprint density at radius 2 is 1.96 bits per heavy atom. The Bertz CT molecular complexity index is 720. The lowest BCUT2D eigenvalue weighted by Gasteiger charge is -2.24. The van der Waals surface area contributed by atoms with Gasteiger partial charge in [-0.15, -0.1) is 0 Å². The minimum absolute atomic E-state index is 0.418. The smallest absolute Gasteiger partial charge is 0.265 e. The standard InChI is InChI=1S/C15H12F4N2O2/c1-9-2-5-14(20-7-9)15(18,19)12(8-21(22)23)11-4-3-10(16)6-13(11)17/h2-7,12H,8H2,1H3. The van der Waals surface area contributed by atoms with Gasteiger partial charge in [-0.2, -0.15) is 8.78 Å². The summed E-state index contributed by atoms with van der Waals surface area (Å²) in [5.74, 6) is -8.11. The van der Waals surface area contributed by atoms with Crippen molar-refractivity contribution in [1.29, 1.82) is 0 Å². The molecule has 122 valence electrons. The Balaban J connectivity index is 2.52. The van der Waals surface area contributed by atoms with Crippen molar-refractivity contribution in [3.8, 4) is 0 Å². The van der Waals surface area contributed by atoms with E-state index in [2.05, 4.69) is 4.98 Å². The number of nitrogens with zero attached hydrogens (tertiary/aromatic N) is 2. The molecule has 1 aromatic heterocycles. The van der Waals surface area contributed by atoms with Crippen LogP contribution in [0.1, 0.15) is 22.7 Å². The third kappa shape index (κ3) is 3.64. The Hall–Kier alpha value is -2.51. The van der Waals surface area contributed by atoms with Crippen molar-refractivity contribution in [3.63, 3.8) is 0 Å². The van der Waals surface area contributed by atoms with Crippen LogP contribution in [0.5, 0.6) is 0 Å². The van der Waals surface area contributed by atoms with Crippen LogP contribution in [0.3, 0.4) is 0 Å². The zero-order chi connectivity index (χ0) is 17.2. The first-order valence-corrected chi connectivity index (χ1v) is 6.59. The third-order valence-electron chi connectivity index (χ3n) is 3.36. The van der Waals surface area contributed by atoms with Crippen molar-refractivity contribution in [2.75, 3.05) is 6.54 Å². The molecule has 1 aromatic carbocycles. The van der Waals surface area contributed by atoms with Crippen LogP contribution in [0, 0.1) is 28.7 Å². The minimum Gasteiger partial charge on any atom is -0.265 e. The second-order valence-corrected chi connectivity index (χ2v) is 5.08. The molecule has 4 nitrogen and oxygen atoms in total. The molecule has 0 amide bonds. The number of pyridine rings is 1. The van der Waals surface area contributed by atoms with E-state index < -0.39 is 46.2 Å². The summed E-state index contributed by atoms with van der Waals surface area (Å²) in [6, 6.07) is 4.40. The number of alkyl halides is 2. The van der Waals surface area contributed by atoms with Gasteiger partial charge in [-0.3, -0.25) is 15.1 Å². The van der Waals surface area contributed by atoms with Crippen LogP contribution < -0.4 is 0 Å². The van der Waals surface area contributed by atoms with Gasteiger partial charge in [-0.1, -0.05) is 12.1 Å². The van der Waals surface area contributed by atoms with Gasteiger partial charge >= 0.3 is 5.92 Å². The van der Waals surface area contributed by atoms with Crippen LogP contribution >= 0.6 is 0 Å². The van der Waals surface area contributed by atoms with Crippen LogP contribution in [0.2, 0.25) is 0 Å². The molecule has 1 atom stereocenters. The maximum atomic E-state index is 14.7. The van der Waals surface area contributed by atoms with Gasteiger partial charge in [0, 0.05) is 22.7 Å². The number of rotatable bonds is 5. The van der Waals surface area contributed by atoms with E-state index in [-0.39, 0.29) is 0 Å². The van der Waals surface area contributed by atoms with Crippen LogP contribution in [-0.2, 0) is 5.92 Å². The average Bonchev–Trinajstić information content (AvgIpc) is 2.45. The van der Waals surface area contributed by atoms with E-state index >= 15 is 0 Å². The fourth-order valence-electron chi connectivity index (χ4n) is 2.18. The summed E-state index contributed by atoms with van der Waals surface area (Å²) in [7, 11) is 0. The van der Waals surface area contributed by atoms with Crippen LogP contribution in [-0.4, -0.2) is 16.5 Å². The fourth-order valence-corrected chi connectivity index (χ4v) is 2.18. The monoisotopic (exact) mass is 328 g/mol. The van der Waals surface area contributed by atoms with Crippen LogP contribution in [0.25, 0.3) is 0 Å². The van der Waals surface area contributed by atoms with Crippen molar-refractivity contribution in [2.45, 2.75) is 18.8 Å². The lowest BCUT2D eigenvalue weighted by Crippen LogP contribution is -2.31. The SMILES string of the molecule is Cc1ccc(C(F)(F)C(C[N+](=O)[O-])c2ccc(F)cc2F)nc1. The van der Waals surface area contributed by atoms with E-state index in [9.17, 15) is 27.7 Å². The Labute approximate surface area is 128 Å². The fraction of sp³-hybridized carbons (Fsp3) is 0.267. The largest absolute Gasteiger partial charge is 0.302 e. The van der Waals surface area contributed by atoms with Crippen molar-refractivity contribution in [3.05, 3.63) is 75.1 Å². The number of hydrogen-bond acceptors (Lipinski definition) is 3. The first-order chi connectivity index (χ1) is 10.7. The second kappa shape index (κ2) is 6.31. The van der Waals surface area contributed by atoms with Gasteiger partial charge in [0.25, 0.3) is 0 Å². The molecule has 0 saturated carbocycles. The predicted octanol–water partition coefficient (Wildman–Crippen LogP) is 3.82. The highest BCUT2D eigenvalue weighted by Crippen LogP contribution is 2.42. The van der Waals surface area contributed by atoms with E-state index in [0.29, 0.717) is 11.6 Å². The molecule has 1 heterocycles. The summed E-state index contributed by atoms with van der Waals surface area (Å²) in [4.78, 5) is 13.4. The molecule has 0 saturated heterocycles. The molecule has 0 bridgehead atoms. The highest BCUT2D eigenvalue weighted by molar-refractivity contribution is 5.28. The Kier molecular flexibility index (Phi) is 4.63. The van der Waals surface area contributed by atoms with Gasteiger partial charge in [-0.05, 0) is 24.6 Å². The molecular weight excluding hydrogens is 316 g/mol. The molecule has 0 fully saturated rings. The topological polar surface area (TPSA) is 56.0 Å². The number of aryl methyl sites for hydroxylation is 1. The van der Waals surface area contributed by atoms with Crippen molar-refractivity contribution in [1.82, 2.24) is 4.98 Å². The van der Waals surface area contributed by atoms with Crippen molar-refractivity contribution in [2.24, 2.45) is 0 Å². The molecule has 0 aliphatic rings. The van der Waals surface area contributed by atoms with Gasteiger partial charge < -0.3 is 0 Å². The molecule has 0 radical (unpaired) electrons. The summed E-state index contributed by atoms with van der Waals surface area (Å²) in [6.07, 6.45) is 1.19. The third-order valence-corrected chi connectivity index (χ3v) is 3.36. The second-order valence-electron chi connectivity index (χ2n) is 5.08. The van der Waals surface area contributed by atoms with E-state index in [1.165, 1.54) is 12.3 Å². The number of hydrogen-bond donors (Lipinski definition) is 0. The first-order valence-electron chi connectivity index (χ1n) is 6.59. The number of aromatic nitrogens is 1. The molecule has 0 aliphatic carbocycles. The first kappa shape index (κ1) is 16.9. The molecule has 2 aromatic rings. The number of nitro groups is 1. The lowest BCUT2D eigenvalue weighted by molar-refractivity contribution is -0.488. The van der Waals surface area contributed by atoms with Gasteiger partial charge in [0.05, 0.1) is 0 Å². The van der Waals surface area contributed by atoms with Crippen molar-refractivity contribution >= 4 is 0 Å². The highest BCUT2D eigenvalue weighted by atomic mass is 19.3. The summed E-state index contributed by atoms with van der Waals surface area (Å²) < 4.78 is 56.1. The molecule has 2 rings (SSSR count). The predicted molar refractivity (Wildman–Crippen MR) is 73.8 cm³/mol. The zero-order valence-electron chi connectivity index (χ0n) is 12.0. The van der Waals surface area contributed by atoms with E-state index in [1.807, 2.05) is 0 Å². The number of halogens is 4. The van der Waals surface area contributed by atoms with Gasteiger partial charge in [0.1, 0.15) is 23.2 Å². The molecule has 0 N–H and O–H groups in total. The normalized spacial score (nSPS) is 12.9. The minimum atomic E-state index is -3.79. The average molecular weight is 328 g/mol. The van der Waals surface area contributed by atoms with Gasteiger partial charge in [-0.25, -0.2) is 8.78 Å². The van der Waals surface area contributed by atoms with Crippen molar-refractivity contribution < 1.29 is 22.5 Å². The maximum absolute atomic E-state index is 14.7. The number of benzene rings is 1. The molecule has 23 heavy (non-hydrogen) atoms. The summed E-state index contributed by atoms with van der Waals surface area (Å²) in [5.41, 5.74) is -0.711. The quantitative estimate of drug-likeness (QED) is 0.476. The molecule has 8 heteroatoms. The summed E-state index contributed by atoms with van der Waals surface area (Å²) in [5, 5.41) is 10.7. The molecular formula is C15H12F4N2O2. The van der Waals surface area contributed by atoms with E-state index in [0.717, 1.165) is 18.2 Å². The maximum Gasteiger partial charge on any atom is 0.302 e. The zero-order valence-corrected chi connectivity index (χ0v) is 12.0. The van der Waals surface area contributed by atoms with Crippen LogP contribution in [0.15, 0.2) is 36.5 Å². The van der Waals surface area contributed by atoms with Crippen LogP contribution in [0.4, 0.5) is 17.6 Å². The summed E-state index contributed by atoms with van der Waals surface area (Å²) >= 11 is 0.